The molecule has 104 valence electrons. The fourth-order valence-electron chi connectivity index (χ4n) is 2.63. The summed E-state index contributed by atoms with van der Waals surface area (Å²) in [5, 5.41) is 9.41. The lowest BCUT2D eigenvalue weighted by molar-refractivity contribution is -0.119. The van der Waals surface area contributed by atoms with Crippen LogP contribution in [0.15, 0.2) is 22.7 Å². The lowest BCUT2D eigenvalue weighted by Gasteiger charge is -2.34. The van der Waals surface area contributed by atoms with Crippen molar-refractivity contribution in [2.24, 2.45) is 11.7 Å². The second-order valence-electron chi connectivity index (χ2n) is 5.03. The van der Waals surface area contributed by atoms with E-state index in [1.807, 2.05) is 18.2 Å². The van der Waals surface area contributed by atoms with Crippen LogP contribution >= 0.6 is 15.9 Å². The largest absolute Gasteiger partial charge is 0.392 e. The molecule has 0 aromatic heterocycles. The summed E-state index contributed by atoms with van der Waals surface area (Å²) >= 11 is 3.47. The summed E-state index contributed by atoms with van der Waals surface area (Å²) in [6.07, 6.45) is 2.43. The molecule has 1 heterocycles. The molecule has 0 radical (unpaired) electrons. The van der Waals surface area contributed by atoms with Crippen LogP contribution in [0.4, 0.5) is 5.69 Å². The summed E-state index contributed by atoms with van der Waals surface area (Å²) in [5.41, 5.74) is 7.26. The molecule has 0 aliphatic carbocycles. The summed E-state index contributed by atoms with van der Waals surface area (Å²) in [6.45, 7) is 1.85. The lowest BCUT2D eigenvalue weighted by Crippen LogP contribution is -2.35. The smallest absolute Gasteiger partial charge is 0.217 e. The predicted molar refractivity (Wildman–Crippen MR) is 78.8 cm³/mol. The number of nitrogens with two attached hydrogens (primary N) is 1. The maximum absolute atomic E-state index is 10.9. The lowest BCUT2D eigenvalue weighted by atomic mass is 9.92. The standard InChI is InChI=1S/C14H19BrN2O2/c15-12-2-1-11(9-18)13(8-12)17-5-3-10(4-6-17)7-14(16)19/h1-2,8,10,18H,3-7,9H2,(H2,16,19). The number of hydrogen-bond acceptors (Lipinski definition) is 3. The number of primary amides is 1. The normalized spacial score (nSPS) is 16.6. The van der Waals surface area contributed by atoms with Gasteiger partial charge in [0.25, 0.3) is 0 Å². The highest BCUT2D eigenvalue weighted by Crippen LogP contribution is 2.30. The third kappa shape index (κ3) is 3.70. The number of aliphatic hydroxyl groups excluding tert-OH is 1. The fourth-order valence-corrected chi connectivity index (χ4v) is 2.98. The maximum Gasteiger partial charge on any atom is 0.217 e. The molecule has 5 heteroatoms. The number of amides is 1. The monoisotopic (exact) mass is 326 g/mol. The van der Waals surface area contributed by atoms with Gasteiger partial charge in [0.05, 0.1) is 6.61 Å². The van der Waals surface area contributed by atoms with Crippen molar-refractivity contribution in [3.63, 3.8) is 0 Å². The van der Waals surface area contributed by atoms with Gasteiger partial charge in [0.15, 0.2) is 0 Å². The molecule has 0 unspecified atom stereocenters. The summed E-state index contributed by atoms with van der Waals surface area (Å²) in [4.78, 5) is 13.2. The van der Waals surface area contributed by atoms with Gasteiger partial charge in [0.2, 0.25) is 5.91 Å². The van der Waals surface area contributed by atoms with Crippen molar-refractivity contribution in [1.82, 2.24) is 0 Å². The molecule has 1 fully saturated rings. The minimum atomic E-state index is -0.211. The molecular weight excluding hydrogens is 308 g/mol. The molecule has 0 saturated carbocycles. The molecule has 19 heavy (non-hydrogen) atoms. The number of hydrogen-bond donors (Lipinski definition) is 2. The van der Waals surface area contributed by atoms with Crippen LogP contribution in [0.1, 0.15) is 24.8 Å². The molecule has 1 saturated heterocycles. The van der Waals surface area contributed by atoms with Crippen LogP contribution in [0.3, 0.4) is 0 Å². The van der Waals surface area contributed by atoms with Crippen LogP contribution in [-0.4, -0.2) is 24.1 Å². The van der Waals surface area contributed by atoms with Crippen LogP contribution in [0, 0.1) is 5.92 Å². The number of aliphatic hydroxyl groups is 1. The molecule has 1 aromatic rings. The van der Waals surface area contributed by atoms with Crippen LogP contribution in [0.5, 0.6) is 0 Å². The molecule has 3 N–H and O–H groups in total. The Labute approximate surface area is 121 Å². The van der Waals surface area contributed by atoms with Crippen LogP contribution < -0.4 is 10.6 Å². The van der Waals surface area contributed by atoms with Gasteiger partial charge in [-0.2, -0.15) is 0 Å². The fraction of sp³-hybridized carbons (Fsp3) is 0.500. The van der Waals surface area contributed by atoms with E-state index in [2.05, 4.69) is 20.8 Å². The van der Waals surface area contributed by atoms with Crippen LogP contribution in [0.2, 0.25) is 0 Å². The summed E-state index contributed by atoms with van der Waals surface area (Å²) in [7, 11) is 0. The topological polar surface area (TPSA) is 66.6 Å². The van der Waals surface area contributed by atoms with E-state index in [4.69, 9.17) is 5.73 Å². The van der Waals surface area contributed by atoms with Gasteiger partial charge in [-0.25, -0.2) is 0 Å². The van der Waals surface area contributed by atoms with Gasteiger partial charge in [0.1, 0.15) is 0 Å². The Hall–Kier alpha value is -1.07. The molecule has 1 aliphatic rings. The molecule has 2 rings (SSSR count). The molecule has 1 aromatic carbocycles. The number of carbonyl (C=O) groups excluding carboxylic acids is 1. The van der Waals surface area contributed by atoms with E-state index in [-0.39, 0.29) is 12.5 Å². The number of halogens is 1. The highest BCUT2D eigenvalue weighted by atomic mass is 79.9. The van der Waals surface area contributed by atoms with Crippen molar-refractivity contribution in [1.29, 1.82) is 0 Å². The molecule has 4 nitrogen and oxygen atoms in total. The first kappa shape index (κ1) is 14.3. The average molecular weight is 327 g/mol. The first-order chi connectivity index (χ1) is 9.10. The third-order valence-corrected chi connectivity index (χ3v) is 4.16. The number of rotatable bonds is 4. The maximum atomic E-state index is 10.9. The van der Waals surface area contributed by atoms with Crippen LogP contribution in [0.25, 0.3) is 0 Å². The van der Waals surface area contributed by atoms with Gasteiger partial charge in [-0.05, 0) is 30.9 Å². The van der Waals surface area contributed by atoms with Crippen molar-refractivity contribution in [2.75, 3.05) is 18.0 Å². The van der Waals surface area contributed by atoms with Gasteiger partial charge < -0.3 is 15.7 Å². The summed E-state index contributed by atoms with van der Waals surface area (Å²) in [5.74, 6) is 0.190. The van der Waals surface area contributed by atoms with E-state index in [9.17, 15) is 9.90 Å². The zero-order chi connectivity index (χ0) is 13.8. The quantitative estimate of drug-likeness (QED) is 0.889. The van der Waals surface area contributed by atoms with Gasteiger partial charge in [-0.3, -0.25) is 4.79 Å². The Kier molecular flexibility index (Phi) is 4.82. The van der Waals surface area contributed by atoms with Crippen molar-refractivity contribution in [3.05, 3.63) is 28.2 Å². The van der Waals surface area contributed by atoms with Gasteiger partial charge in [-0.1, -0.05) is 22.0 Å². The number of carbonyl (C=O) groups is 1. The molecule has 0 atom stereocenters. The minimum absolute atomic E-state index is 0.0455. The van der Waals surface area contributed by atoms with Gasteiger partial charge >= 0.3 is 0 Å². The highest BCUT2D eigenvalue weighted by molar-refractivity contribution is 9.10. The van der Waals surface area contributed by atoms with E-state index in [1.54, 1.807) is 0 Å². The van der Waals surface area contributed by atoms with Crippen LogP contribution in [-0.2, 0) is 11.4 Å². The van der Waals surface area contributed by atoms with E-state index in [1.165, 1.54) is 0 Å². The second kappa shape index (κ2) is 6.39. The average Bonchev–Trinajstić information content (AvgIpc) is 2.39. The Morgan fingerprint density at radius 2 is 2.11 bits per heavy atom. The summed E-state index contributed by atoms with van der Waals surface area (Å²) in [6, 6.07) is 5.92. The Balaban J connectivity index is 2.05. The van der Waals surface area contributed by atoms with Crippen molar-refractivity contribution in [2.45, 2.75) is 25.9 Å². The third-order valence-electron chi connectivity index (χ3n) is 3.66. The Bertz CT molecular complexity index is 457. The first-order valence-corrected chi connectivity index (χ1v) is 7.32. The number of benzene rings is 1. The van der Waals surface area contributed by atoms with Gasteiger partial charge in [0, 0.05) is 35.2 Å². The minimum Gasteiger partial charge on any atom is -0.392 e. The van der Waals surface area contributed by atoms with E-state index < -0.39 is 0 Å². The second-order valence-corrected chi connectivity index (χ2v) is 5.95. The Morgan fingerprint density at radius 3 is 2.68 bits per heavy atom. The summed E-state index contributed by atoms with van der Waals surface area (Å²) < 4.78 is 1.01. The van der Waals surface area contributed by atoms with E-state index in [0.29, 0.717) is 12.3 Å². The molecule has 0 bridgehead atoms. The molecule has 0 spiro atoms. The molecule has 1 aliphatic heterocycles. The number of nitrogens with zero attached hydrogens (tertiary/aromatic N) is 1. The zero-order valence-corrected chi connectivity index (χ0v) is 12.4. The van der Waals surface area contributed by atoms with E-state index in [0.717, 1.165) is 41.7 Å². The first-order valence-electron chi connectivity index (χ1n) is 6.52. The Morgan fingerprint density at radius 1 is 1.42 bits per heavy atom. The molecule has 1 amide bonds. The van der Waals surface area contributed by atoms with Gasteiger partial charge in [-0.15, -0.1) is 0 Å². The molecular formula is C14H19BrN2O2. The SMILES string of the molecule is NC(=O)CC1CCN(c2cc(Br)ccc2CO)CC1. The van der Waals surface area contributed by atoms with Crippen molar-refractivity contribution < 1.29 is 9.90 Å². The van der Waals surface area contributed by atoms with Crippen molar-refractivity contribution in [3.8, 4) is 0 Å². The number of piperidine rings is 1. The number of anilines is 1. The zero-order valence-electron chi connectivity index (χ0n) is 10.8. The predicted octanol–water partition coefficient (Wildman–Crippen LogP) is 2.03. The van der Waals surface area contributed by atoms with E-state index >= 15 is 0 Å². The van der Waals surface area contributed by atoms with Crippen molar-refractivity contribution >= 4 is 27.5 Å². The highest BCUT2D eigenvalue weighted by Gasteiger charge is 2.22.